The van der Waals surface area contributed by atoms with Crippen LogP contribution >= 0.6 is 0 Å². The quantitative estimate of drug-likeness (QED) is 0.666. The standard InChI is InChI=1S/C11H16N2O3/c1-3-16-8-4-5-10(9(12)6-8)13-11(15)7(2)14/h4-7,14H,3,12H2,1-2H3,(H,13,15)/t7-/m1/s1. The van der Waals surface area contributed by atoms with E-state index in [-0.39, 0.29) is 0 Å². The van der Waals surface area contributed by atoms with Crippen molar-refractivity contribution in [2.24, 2.45) is 0 Å². The van der Waals surface area contributed by atoms with Crippen LogP contribution in [-0.4, -0.2) is 23.7 Å². The number of anilines is 2. The lowest BCUT2D eigenvalue weighted by molar-refractivity contribution is -0.123. The van der Waals surface area contributed by atoms with Crippen LogP contribution in [0.4, 0.5) is 11.4 Å². The van der Waals surface area contributed by atoms with Crippen molar-refractivity contribution in [3.63, 3.8) is 0 Å². The van der Waals surface area contributed by atoms with Gasteiger partial charge in [-0.25, -0.2) is 0 Å². The molecule has 0 spiro atoms. The van der Waals surface area contributed by atoms with Gasteiger partial charge in [-0.1, -0.05) is 0 Å². The summed E-state index contributed by atoms with van der Waals surface area (Å²) < 4.78 is 5.25. The van der Waals surface area contributed by atoms with Crippen LogP contribution in [0.25, 0.3) is 0 Å². The molecule has 0 aliphatic carbocycles. The van der Waals surface area contributed by atoms with Gasteiger partial charge in [0.05, 0.1) is 18.0 Å². The predicted octanol–water partition coefficient (Wildman–Crippen LogP) is 0.987. The van der Waals surface area contributed by atoms with Crippen molar-refractivity contribution in [2.45, 2.75) is 20.0 Å². The highest BCUT2D eigenvalue weighted by atomic mass is 16.5. The summed E-state index contributed by atoms with van der Waals surface area (Å²) in [4.78, 5) is 11.2. The molecule has 1 aromatic carbocycles. The lowest BCUT2D eigenvalue weighted by atomic mass is 10.2. The van der Waals surface area contributed by atoms with E-state index >= 15 is 0 Å². The van der Waals surface area contributed by atoms with Crippen molar-refractivity contribution >= 4 is 17.3 Å². The molecule has 0 heterocycles. The summed E-state index contributed by atoms with van der Waals surface area (Å²) in [7, 11) is 0. The van der Waals surface area contributed by atoms with Crippen LogP contribution in [0.15, 0.2) is 18.2 Å². The van der Waals surface area contributed by atoms with Crippen LogP contribution in [0.2, 0.25) is 0 Å². The Balaban J connectivity index is 2.79. The van der Waals surface area contributed by atoms with Crippen LogP contribution in [0.3, 0.4) is 0 Å². The highest BCUT2D eigenvalue weighted by Gasteiger charge is 2.10. The molecule has 1 atom stereocenters. The monoisotopic (exact) mass is 224 g/mol. The molecule has 0 bridgehead atoms. The maximum atomic E-state index is 11.2. The number of carbonyl (C=O) groups is 1. The van der Waals surface area contributed by atoms with E-state index in [1.165, 1.54) is 6.92 Å². The molecule has 0 aromatic heterocycles. The van der Waals surface area contributed by atoms with Gasteiger partial charge in [-0.15, -0.1) is 0 Å². The van der Waals surface area contributed by atoms with Crippen molar-refractivity contribution < 1.29 is 14.6 Å². The zero-order valence-electron chi connectivity index (χ0n) is 9.36. The molecule has 0 radical (unpaired) electrons. The number of benzene rings is 1. The summed E-state index contributed by atoms with van der Waals surface area (Å²) >= 11 is 0. The van der Waals surface area contributed by atoms with Crippen molar-refractivity contribution in [2.75, 3.05) is 17.7 Å². The van der Waals surface area contributed by atoms with Gasteiger partial charge in [-0.05, 0) is 26.0 Å². The molecule has 1 aromatic rings. The number of nitrogens with one attached hydrogen (secondary N) is 1. The van der Waals surface area contributed by atoms with E-state index < -0.39 is 12.0 Å². The van der Waals surface area contributed by atoms with E-state index in [0.29, 0.717) is 23.7 Å². The number of amides is 1. The summed E-state index contributed by atoms with van der Waals surface area (Å²) in [5.41, 5.74) is 6.59. The number of aliphatic hydroxyl groups is 1. The van der Waals surface area contributed by atoms with Crippen LogP contribution in [0.1, 0.15) is 13.8 Å². The lowest BCUT2D eigenvalue weighted by Gasteiger charge is -2.11. The van der Waals surface area contributed by atoms with Gasteiger partial charge >= 0.3 is 0 Å². The van der Waals surface area contributed by atoms with Gasteiger partial charge in [0.15, 0.2) is 0 Å². The number of carbonyl (C=O) groups excluding carboxylic acids is 1. The third-order valence-electron chi connectivity index (χ3n) is 1.97. The van der Waals surface area contributed by atoms with Crippen LogP contribution in [0.5, 0.6) is 5.75 Å². The number of aliphatic hydroxyl groups excluding tert-OH is 1. The smallest absolute Gasteiger partial charge is 0.252 e. The Morgan fingerprint density at radius 3 is 2.81 bits per heavy atom. The van der Waals surface area contributed by atoms with Crippen molar-refractivity contribution in [3.05, 3.63) is 18.2 Å². The van der Waals surface area contributed by atoms with Crippen LogP contribution in [-0.2, 0) is 4.79 Å². The number of ether oxygens (including phenoxy) is 1. The van der Waals surface area contributed by atoms with E-state index in [2.05, 4.69) is 5.32 Å². The Morgan fingerprint density at radius 1 is 1.62 bits per heavy atom. The zero-order chi connectivity index (χ0) is 12.1. The molecule has 1 amide bonds. The topological polar surface area (TPSA) is 84.6 Å². The molecule has 0 saturated carbocycles. The first-order valence-electron chi connectivity index (χ1n) is 5.05. The fourth-order valence-electron chi connectivity index (χ4n) is 1.15. The van der Waals surface area contributed by atoms with Gasteiger partial charge in [0.25, 0.3) is 5.91 Å². The second kappa shape index (κ2) is 5.37. The van der Waals surface area contributed by atoms with Crippen molar-refractivity contribution in [3.8, 4) is 5.75 Å². The lowest BCUT2D eigenvalue weighted by Crippen LogP contribution is -2.24. The number of hydrogen-bond donors (Lipinski definition) is 3. The van der Waals surface area contributed by atoms with Crippen molar-refractivity contribution in [1.82, 2.24) is 0 Å². The van der Waals surface area contributed by atoms with Gasteiger partial charge in [-0.3, -0.25) is 4.79 Å². The largest absolute Gasteiger partial charge is 0.494 e. The highest BCUT2D eigenvalue weighted by Crippen LogP contribution is 2.24. The molecule has 5 nitrogen and oxygen atoms in total. The summed E-state index contributed by atoms with van der Waals surface area (Å²) in [6, 6.07) is 4.97. The molecule has 4 N–H and O–H groups in total. The molecule has 16 heavy (non-hydrogen) atoms. The van der Waals surface area contributed by atoms with E-state index in [1.54, 1.807) is 18.2 Å². The third-order valence-corrected chi connectivity index (χ3v) is 1.97. The van der Waals surface area contributed by atoms with Crippen molar-refractivity contribution in [1.29, 1.82) is 0 Å². The Bertz CT molecular complexity index is 377. The first-order valence-corrected chi connectivity index (χ1v) is 5.05. The Morgan fingerprint density at radius 2 is 2.31 bits per heavy atom. The van der Waals surface area contributed by atoms with Gasteiger partial charge in [0.1, 0.15) is 11.9 Å². The molecule has 1 rings (SSSR count). The second-order valence-electron chi connectivity index (χ2n) is 3.35. The average Bonchev–Trinajstić information content (AvgIpc) is 2.22. The van der Waals surface area contributed by atoms with E-state index in [1.807, 2.05) is 6.92 Å². The Kier molecular flexibility index (Phi) is 4.13. The second-order valence-corrected chi connectivity index (χ2v) is 3.35. The van der Waals surface area contributed by atoms with Gasteiger partial charge in [0.2, 0.25) is 0 Å². The van der Waals surface area contributed by atoms with Crippen LogP contribution < -0.4 is 15.8 Å². The minimum Gasteiger partial charge on any atom is -0.494 e. The number of rotatable bonds is 4. The first-order chi connectivity index (χ1) is 7.54. The number of nitrogen functional groups attached to an aromatic ring is 1. The van der Waals surface area contributed by atoms with E-state index in [4.69, 9.17) is 15.6 Å². The molecular weight excluding hydrogens is 208 g/mol. The summed E-state index contributed by atoms with van der Waals surface area (Å²) in [6.45, 7) is 3.82. The first kappa shape index (κ1) is 12.3. The van der Waals surface area contributed by atoms with Gasteiger partial charge < -0.3 is 20.9 Å². The van der Waals surface area contributed by atoms with E-state index in [0.717, 1.165) is 0 Å². The summed E-state index contributed by atoms with van der Waals surface area (Å²) in [5, 5.41) is 11.5. The molecule has 0 fully saturated rings. The SMILES string of the molecule is CCOc1ccc(NC(=O)[C@@H](C)O)c(N)c1. The normalized spacial score (nSPS) is 11.9. The maximum Gasteiger partial charge on any atom is 0.252 e. The Hall–Kier alpha value is -1.75. The molecule has 0 aliphatic heterocycles. The molecule has 5 heteroatoms. The zero-order valence-corrected chi connectivity index (χ0v) is 9.36. The minimum atomic E-state index is -1.06. The fourth-order valence-corrected chi connectivity index (χ4v) is 1.15. The van der Waals surface area contributed by atoms with Gasteiger partial charge in [0, 0.05) is 6.07 Å². The minimum absolute atomic E-state index is 0.403. The summed E-state index contributed by atoms with van der Waals surface area (Å²) in [5.74, 6) is 0.158. The van der Waals surface area contributed by atoms with Crippen LogP contribution in [0, 0.1) is 0 Å². The summed E-state index contributed by atoms with van der Waals surface area (Å²) in [6.07, 6.45) is -1.06. The highest BCUT2D eigenvalue weighted by molar-refractivity contribution is 5.96. The number of nitrogens with two attached hydrogens (primary N) is 1. The molecule has 0 unspecified atom stereocenters. The molecule has 0 saturated heterocycles. The fraction of sp³-hybridized carbons (Fsp3) is 0.364. The number of hydrogen-bond acceptors (Lipinski definition) is 4. The third kappa shape index (κ3) is 3.13. The molecule has 88 valence electrons. The molecule has 0 aliphatic rings. The Labute approximate surface area is 94.2 Å². The maximum absolute atomic E-state index is 11.2. The average molecular weight is 224 g/mol. The predicted molar refractivity (Wildman–Crippen MR) is 62.3 cm³/mol. The molecular formula is C11H16N2O3. The van der Waals surface area contributed by atoms with Gasteiger partial charge in [-0.2, -0.15) is 0 Å². The van der Waals surface area contributed by atoms with E-state index in [9.17, 15) is 4.79 Å².